The summed E-state index contributed by atoms with van der Waals surface area (Å²) < 4.78 is 5.61. The second-order valence-corrected chi connectivity index (χ2v) is 6.99. The third-order valence-corrected chi connectivity index (χ3v) is 5.33. The molecule has 0 spiro atoms. The topological polar surface area (TPSA) is 58.0 Å². The van der Waals surface area contributed by atoms with Crippen LogP contribution in [-0.2, 0) is 0 Å². The SMILES string of the molecule is Clc1ccccc1N1CC[C@H](c2nc(-c3cccc4[nH]ccc34)no2)C1. The lowest BCUT2D eigenvalue weighted by Crippen LogP contribution is -2.19. The maximum Gasteiger partial charge on any atom is 0.231 e. The van der Waals surface area contributed by atoms with Gasteiger partial charge in [0.1, 0.15) is 0 Å². The minimum atomic E-state index is 0.220. The Morgan fingerprint density at radius 3 is 2.96 bits per heavy atom. The van der Waals surface area contributed by atoms with Crippen LogP contribution in [0, 0.1) is 0 Å². The predicted molar refractivity (Wildman–Crippen MR) is 103 cm³/mol. The lowest BCUT2D eigenvalue weighted by atomic mass is 10.1. The van der Waals surface area contributed by atoms with Gasteiger partial charge in [-0.2, -0.15) is 4.98 Å². The zero-order chi connectivity index (χ0) is 17.5. The molecule has 1 atom stereocenters. The van der Waals surface area contributed by atoms with Gasteiger partial charge in [0.05, 0.1) is 16.6 Å². The number of aromatic amines is 1. The molecule has 0 aliphatic carbocycles. The molecule has 0 bridgehead atoms. The van der Waals surface area contributed by atoms with Crippen LogP contribution >= 0.6 is 11.6 Å². The van der Waals surface area contributed by atoms with Gasteiger partial charge in [-0.25, -0.2) is 0 Å². The fourth-order valence-electron chi connectivity index (χ4n) is 3.68. The van der Waals surface area contributed by atoms with Gasteiger partial charge in [0.2, 0.25) is 11.7 Å². The summed E-state index contributed by atoms with van der Waals surface area (Å²) in [6.07, 6.45) is 2.90. The van der Waals surface area contributed by atoms with Crippen LogP contribution in [0.3, 0.4) is 0 Å². The lowest BCUT2D eigenvalue weighted by molar-refractivity contribution is 0.360. The van der Waals surface area contributed by atoms with Crippen molar-refractivity contribution in [2.75, 3.05) is 18.0 Å². The summed E-state index contributed by atoms with van der Waals surface area (Å²) in [4.78, 5) is 10.2. The Morgan fingerprint density at radius 2 is 2.04 bits per heavy atom. The average molecular weight is 365 g/mol. The number of benzene rings is 2. The summed E-state index contributed by atoms with van der Waals surface area (Å²) in [5.41, 5.74) is 3.12. The average Bonchev–Trinajstić information content (AvgIpc) is 3.40. The fourth-order valence-corrected chi connectivity index (χ4v) is 3.93. The molecule has 2 aromatic carbocycles. The molecular formula is C20H17ClN4O. The Morgan fingerprint density at radius 1 is 1.12 bits per heavy atom. The summed E-state index contributed by atoms with van der Waals surface area (Å²) in [5.74, 6) is 1.56. The summed E-state index contributed by atoms with van der Waals surface area (Å²) in [5, 5.41) is 6.11. The molecule has 5 nitrogen and oxygen atoms in total. The highest BCUT2D eigenvalue weighted by Gasteiger charge is 2.29. The molecule has 1 saturated heterocycles. The number of para-hydroxylation sites is 1. The van der Waals surface area contributed by atoms with Gasteiger partial charge in [-0.3, -0.25) is 0 Å². The van der Waals surface area contributed by atoms with E-state index in [1.54, 1.807) is 0 Å². The number of fused-ring (bicyclic) bond motifs is 1. The van der Waals surface area contributed by atoms with Crippen LogP contribution in [0.4, 0.5) is 5.69 Å². The Hall–Kier alpha value is -2.79. The standard InChI is InChI=1S/C20H17ClN4O/c21-16-5-1-2-7-18(16)25-11-9-13(12-25)20-23-19(24-26-20)15-4-3-6-17-14(15)8-10-22-17/h1-8,10,13,22H,9,11-12H2/t13-/m0/s1. The molecule has 1 aliphatic heterocycles. The normalized spacial score (nSPS) is 17.3. The van der Waals surface area contributed by atoms with Gasteiger partial charge in [0, 0.05) is 35.8 Å². The van der Waals surface area contributed by atoms with Crippen molar-refractivity contribution >= 4 is 28.2 Å². The summed E-state index contributed by atoms with van der Waals surface area (Å²) in [6.45, 7) is 1.76. The van der Waals surface area contributed by atoms with Crippen molar-refractivity contribution in [3.8, 4) is 11.4 Å². The van der Waals surface area contributed by atoms with Crippen molar-refractivity contribution < 1.29 is 4.52 Å². The van der Waals surface area contributed by atoms with Crippen molar-refractivity contribution in [1.82, 2.24) is 15.1 Å². The zero-order valence-electron chi connectivity index (χ0n) is 14.0. The Labute approximate surface area is 155 Å². The van der Waals surface area contributed by atoms with Crippen molar-refractivity contribution in [2.24, 2.45) is 0 Å². The van der Waals surface area contributed by atoms with E-state index < -0.39 is 0 Å². The number of halogens is 1. The van der Waals surface area contributed by atoms with Crippen LogP contribution < -0.4 is 4.90 Å². The van der Waals surface area contributed by atoms with E-state index in [2.05, 4.69) is 21.1 Å². The molecule has 3 heterocycles. The number of rotatable bonds is 3. The molecule has 130 valence electrons. The molecule has 5 rings (SSSR count). The maximum absolute atomic E-state index is 6.33. The Kier molecular flexibility index (Phi) is 3.68. The summed E-state index contributed by atoms with van der Waals surface area (Å²) >= 11 is 6.33. The van der Waals surface area contributed by atoms with E-state index in [0.717, 1.165) is 46.7 Å². The molecule has 0 radical (unpaired) electrons. The first-order valence-corrected chi connectivity index (χ1v) is 9.07. The zero-order valence-corrected chi connectivity index (χ0v) is 14.8. The van der Waals surface area contributed by atoms with E-state index in [4.69, 9.17) is 21.1 Å². The Bertz CT molecular complexity index is 1070. The highest BCUT2D eigenvalue weighted by Crippen LogP contribution is 2.35. The van der Waals surface area contributed by atoms with Gasteiger partial charge in [0.25, 0.3) is 0 Å². The smallest absolute Gasteiger partial charge is 0.231 e. The molecule has 0 unspecified atom stereocenters. The molecule has 4 aromatic rings. The highest BCUT2D eigenvalue weighted by molar-refractivity contribution is 6.33. The van der Waals surface area contributed by atoms with Crippen molar-refractivity contribution in [1.29, 1.82) is 0 Å². The van der Waals surface area contributed by atoms with Gasteiger partial charge in [0.15, 0.2) is 0 Å². The molecule has 1 N–H and O–H groups in total. The maximum atomic E-state index is 6.33. The van der Waals surface area contributed by atoms with Gasteiger partial charge < -0.3 is 14.4 Å². The third-order valence-electron chi connectivity index (χ3n) is 5.01. The fraction of sp³-hybridized carbons (Fsp3) is 0.200. The lowest BCUT2D eigenvalue weighted by Gasteiger charge is -2.19. The largest absolute Gasteiger partial charge is 0.370 e. The molecule has 26 heavy (non-hydrogen) atoms. The van der Waals surface area contributed by atoms with Crippen molar-refractivity contribution in [3.63, 3.8) is 0 Å². The van der Waals surface area contributed by atoms with E-state index in [0.29, 0.717) is 11.7 Å². The second kappa shape index (κ2) is 6.18. The van der Waals surface area contributed by atoms with Crippen LogP contribution in [0.2, 0.25) is 5.02 Å². The van der Waals surface area contributed by atoms with E-state index in [9.17, 15) is 0 Å². The van der Waals surface area contributed by atoms with Gasteiger partial charge in [-0.05, 0) is 30.7 Å². The second-order valence-electron chi connectivity index (χ2n) is 6.58. The minimum absolute atomic E-state index is 0.220. The molecule has 6 heteroatoms. The van der Waals surface area contributed by atoms with Crippen molar-refractivity contribution in [2.45, 2.75) is 12.3 Å². The number of H-pyrrole nitrogens is 1. The quantitative estimate of drug-likeness (QED) is 0.563. The molecule has 0 saturated carbocycles. The first kappa shape index (κ1) is 15.5. The minimum Gasteiger partial charge on any atom is -0.370 e. The summed E-state index contributed by atoms with van der Waals surface area (Å²) in [7, 11) is 0. The van der Waals surface area contributed by atoms with Crippen molar-refractivity contribution in [3.05, 3.63) is 65.6 Å². The van der Waals surface area contributed by atoms with Gasteiger partial charge in [-0.15, -0.1) is 0 Å². The molecular weight excluding hydrogens is 348 g/mol. The molecule has 1 fully saturated rings. The first-order chi connectivity index (χ1) is 12.8. The number of anilines is 1. The van der Waals surface area contributed by atoms with E-state index in [1.165, 1.54) is 0 Å². The Balaban J connectivity index is 1.41. The van der Waals surface area contributed by atoms with Gasteiger partial charge >= 0.3 is 0 Å². The van der Waals surface area contributed by atoms with Crippen LogP contribution in [0.15, 0.2) is 59.3 Å². The van der Waals surface area contributed by atoms with Gasteiger partial charge in [-0.1, -0.05) is 41.0 Å². The highest BCUT2D eigenvalue weighted by atomic mass is 35.5. The number of hydrogen-bond donors (Lipinski definition) is 1. The predicted octanol–water partition coefficient (Wildman–Crippen LogP) is 4.87. The first-order valence-electron chi connectivity index (χ1n) is 8.69. The summed E-state index contributed by atoms with van der Waals surface area (Å²) in [6, 6.07) is 16.0. The number of hydrogen-bond acceptors (Lipinski definition) is 4. The number of aromatic nitrogens is 3. The molecule has 1 aliphatic rings. The molecule has 2 aromatic heterocycles. The van der Waals surface area contributed by atoms with Crippen LogP contribution in [0.25, 0.3) is 22.3 Å². The van der Waals surface area contributed by atoms with E-state index in [1.807, 2.05) is 48.7 Å². The van der Waals surface area contributed by atoms with E-state index in [-0.39, 0.29) is 5.92 Å². The number of nitrogens with zero attached hydrogens (tertiary/aromatic N) is 3. The monoisotopic (exact) mass is 364 g/mol. The third kappa shape index (κ3) is 2.56. The number of nitrogens with one attached hydrogen (secondary N) is 1. The van der Waals surface area contributed by atoms with E-state index >= 15 is 0 Å². The van der Waals surface area contributed by atoms with Crippen LogP contribution in [-0.4, -0.2) is 28.2 Å². The van der Waals surface area contributed by atoms with Crippen LogP contribution in [0.1, 0.15) is 18.2 Å². The van der Waals surface area contributed by atoms with Crippen LogP contribution in [0.5, 0.6) is 0 Å². The molecule has 0 amide bonds.